The molecule has 1 atom stereocenters. The number of nitrogens with one attached hydrogen (secondary N) is 2. The Morgan fingerprint density at radius 3 is 2.48 bits per heavy atom. The lowest BCUT2D eigenvalue weighted by atomic mass is 10.1. The van der Waals surface area contributed by atoms with Crippen LogP contribution < -0.4 is 10.6 Å². The van der Waals surface area contributed by atoms with Crippen LogP contribution in [0.25, 0.3) is 0 Å². The predicted molar refractivity (Wildman–Crippen MR) is 117 cm³/mol. The van der Waals surface area contributed by atoms with Gasteiger partial charge in [0, 0.05) is 36.0 Å². The van der Waals surface area contributed by atoms with Crippen LogP contribution in [0.15, 0.2) is 29.4 Å². The van der Waals surface area contributed by atoms with E-state index in [1.807, 2.05) is 52.1 Å². The first-order valence-electron chi connectivity index (χ1n) is 9.88. The van der Waals surface area contributed by atoms with Crippen LogP contribution in [-0.2, 0) is 17.8 Å². The van der Waals surface area contributed by atoms with Crippen molar-refractivity contribution in [3.63, 3.8) is 0 Å². The van der Waals surface area contributed by atoms with Crippen molar-refractivity contribution in [2.24, 2.45) is 0 Å². The number of nitrogens with zero attached hydrogens (tertiary/aromatic N) is 2. The summed E-state index contributed by atoms with van der Waals surface area (Å²) >= 11 is 1.51. The lowest BCUT2D eigenvalue weighted by Gasteiger charge is -2.12. The molecule has 29 heavy (non-hydrogen) atoms. The average molecular weight is 415 g/mol. The van der Waals surface area contributed by atoms with Crippen LogP contribution in [0, 0.1) is 13.8 Å². The third-order valence-corrected chi connectivity index (χ3v) is 5.40. The number of hydrogen-bond donors (Lipinski definition) is 2. The lowest BCUT2D eigenvalue weighted by molar-refractivity contribution is -0.121. The maximum absolute atomic E-state index is 12.3. The van der Waals surface area contributed by atoms with Crippen LogP contribution in [0.2, 0.25) is 0 Å². The molecular formula is C22H30N4O2S. The molecule has 0 saturated carbocycles. The molecule has 2 N–H and O–H groups in total. The van der Waals surface area contributed by atoms with Crippen molar-refractivity contribution < 1.29 is 9.59 Å². The molecule has 2 rings (SSSR count). The smallest absolute Gasteiger partial charge is 0.251 e. The van der Waals surface area contributed by atoms with E-state index >= 15 is 0 Å². The van der Waals surface area contributed by atoms with Crippen molar-refractivity contribution in [1.82, 2.24) is 20.6 Å². The van der Waals surface area contributed by atoms with Gasteiger partial charge in [0.25, 0.3) is 5.91 Å². The number of benzene rings is 1. The van der Waals surface area contributed by atoms with E-state index in [0.29, 0.717) is 24.9 Å². The van der Waals surface area contributed by atoms with Gasteiger partial charge in [-0.05, 0) is 63.1 Å². The predicted octanol–water partition coefficient (Wildman–Crippen LogP) is 3.59. The topological polar surface area (TPSA) is 84.0 Å². The first-order chi connectivity index (χ1) is 13.8. The number of aryl methyl sites for hydroxylation is 2. The van der Waals surface area contributed by atoms with E-state index in [0.717, 1.165) is 34.1 Å². The summed E-state index contributed by atoms with van der Waals surface area (Å²) in [7, 11) is 0. The highest BCUT2D eigenvalue weighted by atomic mass is 32.2. The number of aromatic nitrogens is 2. The standard InChI is InChI=1S/C22H30N4O2S/c1-6-14(2)24-21(28)18-9-7-8-17(12-18)13-23-20(27)11-10-19-15(3)25-22(29-5)26-16(19)4/h7-9,12,14H,6,10-11,13H2,1-5H3,(H,23,27)(H,24,28). The van der Waals surface area contributed by atoms with Crippen molar-refractivity contribution in [2.45, 2.75) is 64.7 Å². The highest BCUT2D eigenvalue weighted by Gasteiger charge is 2.12. The zero-order valence-corrected chi connectivity index (χ0v) is 18.7. The summed E-state index contributed by atoms with van der Waals surface area (Å²) in [6.45, 7) is 8.31. The number of amides is 2. The van der Waals surface area contributed by atoms with Crippen molar-refractivity contribution in [1.29, 1.82) is 0 Å². The molecule has 0 fully saturated rings. The van der Waals surface area contributed by atoms with Gasteiger partial charge in [-0.3, -0.25) is 9.59 Å². The van der Waals surface area contributed by atoms with Crippen molar-refractivity contribution in [2.75, 3.05) is 6.26 Å². The quantitative estimate of drug-likeness (QED) is 0.484. The van der Waals surface area contributed by atoms with E-state index < -0.39 is 0 Å². The number of hydrogen-bond acceptors (Lipinski definition) is 5. The van der Waals surface area contributed by atoms with Gasteiger partial charge in [-0.2, -0.15) is 0 Å². The second-order valence-electron chi connectivity index (χ2n) is 7.12. The molecule has 1 aromatic carbocycles. The summed E-state index contributed by atoms with van der Waals surface area (Å²) in [5, 5.41) is 6.64. The SMILES string of the molecule is CCC(C)NC(=O)c1cccc(CNC(=O)CCc2c(C)nc(SC)nc2C)c1. The highest BCUT2D eigenvalue weighted by Crippen LogP contribution is 2.17. The minimum Gasteiger partial charge on any atom is -0.352 e. The third-order valence-electron chi connectivity index (χ3n) is 4.85. The maximum atomic E-state index is 12.3. The Balaban J connectivity index is 1.90. The summed E-state index contributed by atoms with van der Waals surface area (Å²) in [5.41, 5.74) is 4.38. The zero-order valence-electron chi connectivity index (χ0n) is 17.8. The summed E-state index contributed by atoms with van der Waals surface area (Å²) in [5.74, 6) is -0.126. The minimum atomic E-state index is -0.0906. The molecule has 0 aliphatic heterocycles. The van der Waals surface area contributed by atoms with E-state index in [2.05, 4.69) is 20.6 Å². The first kappa shape index (κ1) is 22.9. The molecule has 2 amide bonds. The Kier molecular flexibility index (Phi) is 8.64. The Hall–Kier alpha value is -2.41. The molecule has 1 heterocycles. The molecule has 0 radical (unpaired) electrons. The van der Waals surface area contributed by atoms with E-state index in [1.54, 1.807) is 6.07 Å². The molecule has 156 valence electrons. The number of carbonyl (C=O) groups is 2. The second kappa shape index (κ2) is 11.0. The van der Waals surface area contributed by atoms with Gasteiger partial charge >= 0.3 is 0 Å². The minimum absolute atomic E-state index is 0.0350. The monoisotopic (exact) mass is 414 g/mol. The van der Waals surface area contributed by atoms with Crippen LogP contribution in [0.3, 0.4) is 0 Å². The Bertz CT molecular complexity index is 847. The van der Waals surface area contributed by atoms with Crippen LogP contribution in [0.4, 0.5) is 0 Å². The fourth-order valence-corrected chi connectivity index (χ4v) is 3.38. The molecule has 1 aromatic heterocycles. The molecule has 1 unspecified atom stereocenters. The molecular weight excluding hydrogens is 384 g/mol. The summed E-state index contributed by atoms with van der Waals surface area (Å²) in [6.07, 6.45) is 3.81. The van der Waals surface area contributed by atoms with Gasteiger partial charge in [0.2, 0.25) is 5.91 Å². The van der Waals surface area contributed by atoms with Crippen LogP contribution in [-0.4, -0.2) is 34.1 Å². The lowest BCUT2D eigenvalue weighted by Crippen LogP contribution is -2.32. The Labute approximate surface area is 177 Å². The van der Waals surface area contributed by atoms with E-state index in [4.69, 9.17) is 0 Å². The average Bonchev–Trinajstić information content (AvgIpc) is 2.71. The summed E-state index contributed by atoms with van der Waals surface area (Å²) < 4.78 is 0. The first-order valence-corrected chi connectivity index (χ1v) is 11.1. The number of carbonyl (C=O) groups excluding carboxylic acids is 2. The Morgan fingerprint density at radius 2 is 1.86 bits per heavy atom. The van der Waals surface area contributed by atoms with Gasteiger partial charge in [0.05, 0.1) is 0 Å². The molecule has 0 aliphatic carbocycles. The summed E-state index contributed by atoms with van der Waals surface area (Å²) in [6, 6.07) is 7.48. The molecule has 0 saturated heterocycles. The van der Waals surface area contributed by atoms with Gasteiger partial charge in [0.1, 0.15) is 0 Å². The van der Waals surface area contributed by atoms with Gasteiger partial charge < -0.3 is 10.6 Å². The fourth-order valence-electron chi connectivity index (χ4n) is 2.92. The Morgan fingerprint density at radius 1 is 1.17 bits per heavy atom. The van der Waals surface area contributed by atoms with E-state index in [1.165, 1.54) is 11.8 Å². The van der Waals surface area contributed by atoms with Crippen molar-refractivity contribution in [3.8, 4) is 0 Å². The van der Waals surface area contributed by atoms with Gasteiger partial charge in [-0.25, -0.2) is 9.97 Å². The molecule has 0 bridgehead atoms. The molecule has 6 nitrogen and oxygen atoms in total. The van der Waals surface area contributed by atoms with Crippen LogP contribution in [0.1, 0.15) is 59.6 Å². The van der Waals surface area contributed by atoms with Crippen LogP contribution >= 0.6 is 11.8 Å². The van der Waals surface area contributed by atoms with Gasteiger partial charge in [-0.1, -0.05) is 30.8 Å². The van der Waals surface area contributed by atoms with E-state index in [-0.39, 0.29) is 17.9 Å². The number of thioether (sulfide) groups is 1. The van der Waals surface area contributed by atoms with Crippen molar-refractivity contribution in [3.05, 3.63) is 52.3 Å². The molecule has 0 spiro atoms. The van der Waals surface area contributed by atoms with E-state index in [9.17, 15) is 9.59 Å². The van der Waals surface area contributed by atoms with Crippen LogP contribution in [0.5, 0.6) is 0 Å². The summed E-state index contributed by atoms with van der Waals surface area (Å²) in [4.78, 5) is 33.5. The number of rotatable bonds is 9. The second-order valence-corrected chi connectivity index (χ2v) is 7.89. The molecule has 0 aliphatic rings. The maximum Gasteiger partial charge on any atom is 0.251 e. The highest BCUT2D eigenvalue weighted by molar-refractivity contribution is 7.98. The van der Waals surface area contributed by atoms with Gasteiger partial charge in [-0.15, -0.1) is 0 Å². The zero-order chi connectivity index (χ0) is 21.4. The third kappa shape index (κ3) is 6.85. The van der Waals surface area contributed by atoms with Gasteiger partial charge in [0.15, 0.2) is 5.16 Å². The normalized spacial score (nSPS) is 11.8. The fraction of sp³-hybridized carbons (Fsp3) is 0.455. The molecule has 2 aromatic rings. The largest absolute Gasteiger partial charge is 0.352 e. The van der Waals surface area contributed by atoms with Crippen molar-refractivity contribution >= 4 is 23.6 Å². The molecule has 7 heteroatoms.